The molecule has 0 bridgehead atoms. The van der Waals surface area contributed by atoms with E-state index in [9.17, 15) is 8.42 Å². The maximum Gasteiger partial charge on any atom is 0.279 e. The summed E-state index contributed by atoms with van der Waals surface area (Å²) in [6.07, 6.45) is 0.910. The van der Waals surface area contributed by atoms with E-state index in [4.69, 9.17) is 0 Å². The predicted molar refractivity (Wildman–Crippen MR) is 40.9 cm³/mol. The largest absolute Gasteiger partial charge is 0.279 e. The molecule has 5 heteroatoms. The number of hydrogen-bond acceptors (Lipinski definition) is 2. The fourth-order valence-corrected chi connectivity index (χ4v) is 2.29. The second-order valence-corrected chi connectivity index (χ2v) is 4.00. The molecule has 1 aliphatic rings. The Morgan fingerprint density at radius 2 is 2.40 bits per heavy atom. The summed E-state index contributed by atoms with van der Waals surface area (Å²) in [4.78, 5) is 0. The Balaban J connectivity index is 0.000001000. The lowest BCUT2D eigenvalue weighted by Crippen LogP contribution is -2.46. The first-order chi connectivity index (χ1) is 4.67. The summed E-state index contributed by atoms with van der Waals surface area (Å²) in [7, 11) is -3.09. The lowest BCUT2D eigenvalue weighted by atomic mass is 10.4. The third kappa shape index (κ3) is 1.47. The van der Waals surface area contributed by atoms with Crippen LogP contribution < -0.4 is 4.72 Å². The van der Waals surface area contributed by atoms with Gasteiger partial charge in [0.15, 0.2) is 0 Å². The number of rotatable bonds is 1. The first kappa shape index (κ1) is 7.97. The third-order valence-electron chi connectivity index (χ3n) is 1.56. The van der Waals surface area contributed by atoms with Crippen LogP contribution in [0.2, 0.25) is 0 Å². The van der Waals surface area contributed by atoms with Gasteiger partial charge < -0.3 is 0 Å². The molecule has 1 N–H and O–H groups in total. The lowest BCUT2D eigenvalue weighted by Gasteiger charge is -2.24. The van der Waals surface area contributed by atoms with E-state index in [-0.39, 0.29) is 1.43 Å². The second-order valence-electron chi connectivity index (χ2n) is 2.24. The zero-order valence-corrected chi connectivity index (χ0v) is 6.82. The molecule has 0 amide bonds. The molecular weight excluding hydrogens is 152 g/mol. The number of nitrogens with zero attached hydrogens (tertiary/aromatic N) is 1. The zero-order chi connectivity index (χ0) is 7.61. The van der Waals surface area contributed by atoms with Crippen LogP contribution in [0.25, 0.3) is 0 Å². The van der Waals surface area contributed by atoms with Crippen LogP contribution in [0.15, 0.2) is 0 Å². The van der Waals surface area contributed by atoms with E-state index in [1.807, 2.05) is 6.92 Å². The van der Waals surface area contributed by atoms with Crippen LogP contribution in [0, 0.1) is 0 Å². The van der Waals surface area contributed by atoms with Crippen molar-refractivity contribution in [1.29, 1.82) is 0 Å². The summed E-state index contributed by atoms with van der Waals surface area (Å²) in [5.41, 5.74) is 0. The third-order valence-corrected chi connectivity index (χ3v) is 3.25. The quantitative estimate of drug-likeness (QED) is 0.586. The average molecular weight is 166 g/mol. The van der Waals surface area contributed by atoms with Crippen LogP contribution in [-0.2, 0) is 10.2 Å². The second kappa shape index (κ2) is 2.86. The van der Waals surface area contributed by atoms with Crippen LogP contribution in [-0.4, -0.2) is 32.4 Å². The van der Waals surface area contributed by atoms with E-state index in [2.05, 4.69) is 4.72 Å². The van der Waals surface area contributed by atoms with Crippen molar-refractivity contribution >= 4 is 10.2 Å². The van der Waals surface area contributed by atoms with Crippen LogP contribution in [0.1, 0.15) is 14.8 Å². The van der Waals surface area contributed by atoms with Crippen LogP contribution in [0.3, 0.4) is 0 Å². The molecule has 62 valence electrons. The van der Waals surface area contributed by atoms with Crippen molar-refractivity contribution in [1.82, 2.24) is 9.03 Å². The molecule has 0 aromatic carbocycles. The first-order valence-electron chi connectivity index (χ1n) is 3.41. The molecule has 1 aliphatic heterocycles. The topological polar surface area (TPSA) is 49.4 Å². The standard InChI is InChI=1S/C5H12N2O2S.H2/c1-2-7-5-3-4-6-10(7,8)9;/h6H,2-5H2,1H3;1H. The molecule has 1 rings (SSSR count). The molecule has 0 unspecified atom stereocenters. The van der Waals surface area contributed by atoms with Gasteiger partial charge in [-0.25, -0.2) is 4.72 Å². The van der Waals surface area contributed by atoms with E-state index in [0.29, 0.717) is 19.6 Å². The Labute approximate surface area is 62.9 Å². The van der Waals surface area contributed by atoms with E-state index in [1.54, 1.807) is 0 Å². The van der Waals surface area contributed by atoms with Gasteiger partial charge in [0.25, 0.3) is 10.2 Å². The minimum atomic E-state index is -3.09. The minimum Gasteiger partial charge on any atom is -0.202 e. The van der Waals surface area contributed by atoms with Gasteiger partial charge in [-0.1, -0.05) is 6.92 Å². The summed E-state index contributed by atoms with van der Waals surface area (Å²) in [5, 5.41) is 0. The van der Waals surface area contributed by atoms with Crippen molar-refractivity contribution in [2.75, 3.05) is 19.6 Å². The summed E-state index contributed by atoms with van der Waals surface area (Å²) in [5.74, 6) is 0. The SMILES string of the molecule is CCN1CCCNS1(=O)=O.[HH]. The molecule has 0 aromatic rings. The van der Waals surface area contributed by atoms with Crippen molar-refractivity contribution < 1.29 is 9.84 Å². The Kier molecular flexibility index (Phi) is 2.28. The van der Waals surface area contributed by atoms with Crippen LogP contribution >= 0.6 is 0 Å². The smallest absolute Gasteiger partial charge is 0.202 e. The van der Waals surface area contributed by atoms with Gasteiger partial charge in [-0.05, 0) is 6.42 Å². The van der Waals surface area contributed by atoms with Gasteiger partial charge in [0, 0.05) is 21.1 Å². The fourth-order valence-electron chi connectivity index (χ4n) is 0.996. The van der Waals surface area contributed by atoms with E-state index >= 15 is 0 Å². The molecular formula is C5H14N2O2S. The van der Waals surface area contributed by atoms with Crippen LogP contribution in [0.4, 0.5) is 0 Å². The summed E-state index contributed by atoms with van der Waals surface area (Å²) < 4.78 is 26.0. The Morgan fingerprint density at radius 1 is 1.70 bits per heavy atom. The molecule has 1 saturated heterocycles. The van der Waals surface area contributed by atoms with Crippen molar-refractivity contribution in [3.63, 3.8) is 0 Å². The van der Waals surface area contributed by atoms with Gasteiger partial charge in [0.05, 0.1) is 0 Å². The highest BCUT2D eigenvalue weighted by molar-refractivity contribution is 7.87. The summed E-state index contributed by atoms with van der Waals surface area (Å²) in [6.45, 7) is 3.64. The van der Waals surface area contributed by atoms with Gasteiger partial charge in [0.1, 0.15) is 0 Å². The predicted octanol–water partition coefficient (Wildman–Crippen LogP) is -0.208. The molecule has 0 spiro atoms. The molecule has 0 atom stereocenters. The highest BCUT2D eigenvalue weighted by atomic mass is 32.2. The molecule has 4 nitrogen and oxygen atoms in total. The highest BCUT2D eigenvalue weighted by Crippen LogP contribution is 2.03. The molecule has 0 aromatic heterocycles. The van der Waals surface area contributed by atoms with E-state index in [1.165, 1.54) is 4.31 Å². The van der Waals surface area contributed by atoms with Crippen molar-refractivity contribution in [2.24, 2.45) is 0 Å². The van der Waals surface area contributed by atoms with Crippen molar-refractivity contribution in [2.45, 2.75) is 13.3 Å². The molecule has 0 aliphatic carbocycles. The van der Waals surface area contributed by atoms with Gasteiger partial charge in [0.2, 0.25) is 0 Å². The maximum atomic E-state index is 11.0. The fraction of sp³-hybridized carbons (Fsp3) is 1.00. The molecule has 1 fully saturated rings. The van der Waals surface area contributed by atoms with Gasteiger partial charge >= 0.3 is 0 Å². The molecule has 10 heavy (non-hydrogen) atoms. The Morgan fingerprint density at radius 3 is 2.80 bits per heavy atom. The Hall–Kier alpha value is -0.130. The van der Waals surface area contributed by atoms with Gasteiger partial charge in [-0.2, -0.15) is 12.7 Å². The average Bonchev–Trinajstić information content (AvgIpc) is 1.87. The summed E-state index contributed by atoms with van der Waals surface area (Å²) in [6, 6.07) is 0. The highest BCUT2D eigenvalue weighted by Gasteiger charge is 2.22. The number of nitrogens with one attached hydrogen (secondary N) is 1. The minimum absolute atomic E-state index is 0. The molecule has 0 radical (unpaired) electrons. The van der Waals surface area contributed by atoms with E-state index < -0.39 is 10.2 Å². The zero-order valence-electron chi connectivity index (χ0n) is 6.00. The summed E-state index contributed by atoms with van der Waals surface area (Å²) >= 11 is 0. The van der Waals surface area contributed by atoms with Crippen molar-refractivity contribution in [3.05, 3.63) is 0 Å². The van der Waals surface area contributed by atoms with Crippen LogP contribution in [0.5, 0.6) is 0 Å². The monoisotopic (exact) mass is 166 g/mol. The maximum absolute atomic E-state index is 11.0. The van der Waals surface area contributed by atoms with Gasteiger partial charge in [-0.15, -0.1) is 0 Å². The van der Waals surface area contributed by atoms with E-state index in [0.717, 1.165) is 6.42 Å². The molecule has 1 heterocycles. The molecule has 0 saturated carbocycles. The van der Waals surface area contributed by atoms with Crippen molar-refractivity contribution in [3.8, 4) is 0 Å². The normalized spacial score (nSPS) is 26.5. The Bertz CT molecular complexity index is 205. The van der Waals surface area contributed by atoms with Gasteiger partial charge in [-0.3, -0.25) is 0 Å². The lowest BCUT2D eigenvalue weighted by molar-refractivity contribution is 0.388. The number of hydrogen-bond donors (Lipinski definition) is 1. The first-order valence-corrected chi connectivity index (χ1v) is 4.85.